The smallest absolute Gasteiger partial charge is 0.145 e. The monoisotopic (exact) mass is 299 g/mol. The SMILES string of the molecule is NNC(Cc1cccc(Cl)c1F)c1ncccc1Cl. The van der Waals surface area contributed by atoms with Gasteiger partial charge in [0.25, 0.3) is 0 Å². The van der Waals surface area contributed by atoms with Gasteiger partial charge in [0, 0.05) is 6.20 Å². The number of hydrogen-bond acceptors (Lipinski definition) is 3. The summed E-state index contributed by atoms with van der Waals surface area (Å²) in [6.07, 6.45) is 1.92. The summed E-state index contributed by atoms with van der Waals surface area (Å²) in [7, 11) is 0. The second kappa shape index (κ2) is 6.30. The largest absolute Gasteiger partial charge is 0.271 e. The minimum Gasteiger partial charge on any atom is -0.271 e. The van der Waals surface area contributed by atoms with Gasteiger partial charge in [-0.2, -0.15) is 0 Å². The predicted molar refractivity (Wildman–Crippen MR) is 74.4 cm³/mol. The Hall–Kier alpha value is -1.20. The average Bonchev–Trinajstić information content (AvgIpc) is 2.41. The van der Waals surface area contributed by atoms with Crippen LogP contribution in [0, 0.1) is 5.82 Å². The summed E-state index contributed by atoms with van der Waals surface area (Å²) in [5.74, 6) is 5.06. The molecule has 1 unspecified atom stereocenters. The van der Waals surface area contributed by atoms with E-state index in [1.807, 2.05) is 0 Å². The highest BCUT2D eigenvalue weighted by molar-refractivity contribution is 6.31. The van der Waals surface area contributed by atoms with Crippen LogP contribution in [0.1, 0.15) is 17.3 Å². The van der Waals surface area contributed by atoms with Crippen LogP contribution in [-0.2, 0) is 6.42 Å². The van der Waals surface area contributed by atoms with Crippen molar-refractivity contribution < 1.29 is 4.39 Å². The molecule has 100 valence electrons. The van der Waals surface area contributed by atoms with Gasteiger partial charge in [0.15, 0.2) is 0 Å². The Labute approximate surface area is 120 Å². The van der Waals surface area contributed by atoms with Crippen molar-refractivity contribution in [2.24, 2.45) is 5.84 Å². The Balaban J connectivity index is 2.30. The molecule has 0 fully saturated rings. The molecule has 0 amide bonds. The molecule has 1 aromatic heterocycles. The van der Waals surface area contributed by atoms with E-state index in [0.717, 1.165) is 0 Å². The molecule has 1 heterocycles. The van der Waals surface area contributed by atoms with Crippen molar-refractivity contribution in [3.63, 3.8) is 0 Å². The van der Waals surface area contributed by atoms with E-state index in [-0.39, 0.29) is 11.1 Å². The zero-order valence-electron chi connectivity index (χ0n) is 9.91. The van der Waals surface area contributed by atoms with Gasteiger partial charge in [-0.3, -0.25) is 16.3 Å². The average molecular weight is 300 g/mol. The molecule has 0 saturated carbocycles. The molecule has 0 aliphatic heterocycles. The summed E-state index contributed by atoms with van der Waals surface area (Å²) in [4.78, 5) is 4.17. The molecule has 0 radical (unpaired) electrons. The molecular formula is C13H12Cl2FN3. The number of nitrogens with zero attached hydrogens (tertiary/aromatic N) is 1. The van der Waals surface area contributed by atoms with Crippen LogP contribution in [0.5, 0.6) is 0 Å². The van der Waals surface area contributed by atoms with E-state index >= 15 is 0 Å². The van der Waals surface area contributed by atoms with Crippen LogP contribution in [0.3, 0.4) is 0 Å². The van der Waals surface area contributed by atoms with Gasteiger partial charge in [0.1, 0.15) is 5.82 Å². The van der Waals surface area contributed by atoms with Crippen LogP contribution in [0.4, 0.5) is 4.39 Å². The topological polar surface area (TPSA) is 50.9 Å². The van der Waals surface area contributed by atoms with Crippen molar-refractivity contribution in [1.82, 2.24) is 10.4 Å². The van der Waals surface area contributed by atoms with Gasteiger partial charge >= 0.3 is 0 Å². The van der Waals surface area contributed by atoms with Gasteiger partial charge in [0.05, 0.1) is 21.8 Å². The van der Waals surface area contributed by atoms with Crippen LogP contribution < -0.4 is 11.3 Å². The van der Waals surface area contributed by atoms with Crippen LogP contribution in [0.15, 0.2) is 36.5 Å². The maximum Gasteiger partial charge on any atom is 0.145 e. The standard InChI is InChI=1S/C13H12Cl2FN3/c14-9-4-1-3-8(12(9)16)7-11(19-17)13-10(15)5-2-6-18-13/h1-6,11,19H,7,17H2. The molecule has 3 N–H and O–H groups in total. The van der Waals surface area contributed by atoms with Crippen LogP contribution in [0.2, 0.25) is 10.0 Å². The number of rotatable bonds is 4. The van der Waals surface area contributed by atoms with Crippen LogP contribution in [-0.4, -0.2) is 4.98 Å². The van der Waals surface area contributed by atoms with E-state index in [0.29, 0.717) is 22.7 Å². The third-order valence-corrected chi connectivity index (χ3v) is 3.39. The Morgan fingerprint density at radius 3 is 2.63 bits per heavy atom. The Bertz CT molecular complexity index is 578. The lowest BCUT2D eigenvalue weighted by Gasteiger charge is -2.17. The number of nitrogens with one attached hydrogen (secondary N) is 1. The first-order chi connectivity index (χ1) is 9.13. The van der Waals surface area contributed by atoms with Gasteiger partial charge in [-0.15, -0.1) is 0 Å². The van der Waals surface area contributed by atoms with E-state index in [2.05, 4.69) is 10.4 Å². The number of halogens is 3. The molecule has 2 rings (SSSR count). The third kappa shape index (κ3) is 3.22. The molecular weight excluding hydrogens is 288 g/mol. The lowest BCUT2D eigenvalue weighted by molar-refractivity contribution is 0.519. The molecule has 6 heteroatoms. The molecule has 0 saturated heterocycles. The highest BCUT2D eigenvalue weighted by Gasteiger charge is 2.18. The van der Waals surface area contributed by atoms with Crippen molar-refractivity contribution >= 4 is 23.2 Å². The summed E-state index contributed by atoms with van der Waals surface area (Å²) in [6.45, 7) is 0. The first-order valence-electron chi connectivity index (χ1n) is 5.63. The quantitative estimate of drug-likeness (QED) is 0.673. The maximum atomic E-state index is 13.9. The first kappa shape index (κ1) is 14.2. The number of hydrogen-bond donors (Lipinski definition) is 2. The van der Waals surface area contributed by atoms with E-state index in [4.69, 9.17) is 29.0 Å². The molecule has 2 aromatic rings. The number of aromatic nitrogens is 1. The zero-order chi connectivity index (χ0) is 13.8. The molecule has 19 heavy (non-hydrogen) atoms. The normalized spacial score (nSPS) is 12.4. The maximum absolute atomic E-state index is 13.9. The number of pyridine rings is 1. The van der Waals surface area contributed by atoms with E-state index in [1.54, 1.807) is 30.5 Å². The predicted octanol–water partition coefficient (Wildman–Crippen LogP) is 3.27. The fourth-order valence-electron chi connectivity index (χ4n) is 1.81. The van der Waals surface area contributed by atoms with Gasteiger partial charge < -0.3 is 0 Å². The van der Waals surface area contributed by atoms with Crippen molar-refractivity contribution in [2.75, 3.05) is 0 Å². The van der Waals surface area contributed by atoms with E-state index < -0.39 is 5.82 Å². The van der Waals surface area contributed by atoms with Crippen LogP contribution >= 0.6 is 23.2 Å². The van der Waals surface area contributed by atoms with Crippen molar-refractivity contribution in [1.29, 1.82) is 0 Å². The Morgan fingerprint density at radius 2 is 1.95 bits per heavy atom. The molecule has 1 aromatic carbocycles. The van der Waals surface area contributed by atoms with Crippen LogP contribution in [0.25, 0.3) is 0 Å². The second-order valence-corrected chi connectivity index (χ2v) is 4.82. The lowest BCUT2D eigenvalue weighted by Crippen LogP contribution is -2.30. The number of benzene rings is 1. The Kier molecular flexibility index (Phi) is 4.71. The van der Waals surface area contributed by atoms with E-state index in [9.17, 15) is 4.39 Å². The zero-order valence-corrected chi connectivity index (χ0v) is 11.4. The van der Waals surface area contributed by atoms with E-state index in [1.165, 1.54) is 6.07 Å². The molecule has 0 aliphatic rings. The highest BCUT2D eigenvalue weighted by atomic mass is 35.5. The van der Waals surface area contributed by atoms with Crippen molar-refractivity contribution in [3.05, 3.63) is 63.6 Å². The summed E-state index contributed by atoms with van der Waals surface area (Å²) >= 11 is 11.8. The third-order valence-electron chi connectivity index (χ3n) is 2.77. The Morgan fingerprint density at radius 1 is 1.21 bits per heavy atom. The van der Waals surface area contributed by atoms with Gasteiger partial charge in [-0.1, -0.05) is 35.3 Å². The molecule has 0 aliphatic carbocycles. The van der Waals surface area contributed by atoms with Crippen molar-refractivity contribution in [2.45, 2.75) is 12.5 Å². The van der Waals surface area contributed by atoms with Gasteiger partial charge in [-0.25, -0.2) is 4.39 Å². The molecule has 3 nitrogen and oxygen atoms in total. The van der Waals surface area contributed by atoms with Gasteiger partial charge in [-0.05, 0) is 30.2 Å². The minimum atomic E-state index is -0.448. The van der Waals surface area contributed by atoms with Crippen molar-refractivity contribution in [3.8, 4) is 0 Å². The number of nitrogens with two attached hydrogens (primary N) is 1. The molecule has 1 atom stereocenters. The summed E-state index contributed by atoms with van der Waals surface area (Å²) < 4.78 is 13.9. The fourth-order valence-corrected chi connectivity index (χ4v) is 2.26. The van der Waals surface area contributed by atoms with Gasteiger partial charge in [0.2, 0.25) is 0 Å². The summed E-state index contributed by atoms with van der Waals surface area (Å²) in [5, 5.41) is 0.563. The first-order valence-corrected chi connectivity index (χ1v) is 6.38. The summed E-state index contributed by atoms with van der Waals surface area (Å²) in [5.41, 5.74) is 3.63. The number of hydrazine groups is 1. The fraction of sp³-hybridized carbons (Fsp3) is 0.154. The minimum absolute atomic E-state index is 0.0837. The molecule has 0 bridgehead atoms. The molecule has 0 spiro atoms. The highest BCUT2D eigenvalue weighted by Crippen LogP contribution is 2.26. The lowest BCUT2D eigenvalue weighted by atomic mass is 10.0. The summed E-state index contributed by atoms with van der Waals surface area (Å²) in [6, 6.07) is 7.89. The second-order valence-electron chi connectivity index (χ2n) is 4.01.